The Morgan fingerprint density at radius 1 is 1.39 bits per heavy atom. The highest BCUT2D eigenvalue weighted by atomic mass is 16.5. The molecule has 1 atom stereocenters. The quantitative estimate of drug-likeness (QED) is 0.762. The van der Waals surface area contributed by atoms with Gasteiger partial charge in [-0.15, -0.1) is 0 Å². The fraction of sp³-hybridized carbons (Fsp3) is 0.333. The molecule has 1 aliphatic rings. The molecular formula is C12H15N3O3. The molecule has 0 radical (unpaired) electrons. The standard InChI is InChI=1S/C12H15N3O3/c13-6-5-11(16)15-7-10(12(14)17)18-9-4-2-1-3-8(9)15/h1-4,10H,5-7,13H2,(H2,14,17). The van der Waals surface area contributed by atoms with Gasteiger partial charge in [0.2, 0.25) is 5.91 Å². The number of anilines is 1. The third-order valence-corrected chi connectivity index (χ3v) is 2.75. The Morgan fingerprint density at radius 2 is 2.11 bits per heavy atom. The summed E-state index contributed by atoms with van der Waals surface area (Å²) in [4.78, 5) is 24.7. The van der Waals surface area contributed by atoms with Gasteiger partial charge < -0.3 is 21.1 Å². The Morgan fingerprint density at radius 3 is 2.78 bits per heavy atom. The summed E-state index contributed by atoms with van der Waals surface area (Å²) in [6.07, 6.45) is -0.596. The van der Waals surface area contributed by atoms with E-state index in [1.54, 1.807) is 24.3 Å². The SMILES string of the molecule is NCCC(=O)N1CC(C(N)=O)Oc2ccccc21. The number of carbonyl (C=O) groups excluding carboxylic acids is 2. The zero-order valence-electron chi connectivity index (χ0n) is 9.83. The summed E-state index contributed by atoms with van der Waals surface area (Å²) in [5.74, 6) is -0.243. The third kappa shape index (κ3) is 2.28. The van der Waals surface area contributed by atoms with Crippen LogP contribution in [-0.4, -0.2) is 31.0 Å². The van der Waals surface area contributed by atoms with Crippen molar-refractivity contribution < 1.29 is 14.3 Å². The molecule has 0 bridgehead atoms. The van der Waals surface area contributed by atoms with Crippen LogP contribution in [-0.2, 0) is 9.59 Å². The number of primary amides is 1. The summed E-state index contributed by atoms with van der Waals surface area (Å²) in [6.45, 7) is 0.394. The summed E-state index contributed by atoms with van der Waals surface area (Å²) in [7, 11) is 0. The van der Waals surface area contributed by atoms with Gasteiger partial charge in [-0.05, 0) is 12.1 Å². The summed E-state index contributed by atoms with van der Waals surface area (Å²) in [6, 6.07) is 7.04. The van der Waals surface area contributed by atoms with Crippen LogP contribution < -0.4 is 21.1 Å². The number of benzene rings is 1. The van der Waals surface area contributed by atoms with E-state index in [1.165, 1.54) is 4.90 Å². The number of ether oxygens (including phenoxy) is 1. The van der Waals surface area contributed by atoms with E-state index in [-0.39, 0.29) is 25.4 Å². The maximum absolute atomic E-state index is 12.0. The van der Waals surface area contributed by atoms with Crippen LogP contribution in [0.4, 0.5) is 5.69 Å². The monoisotopic (exact) mass is 249 g/mol. The molecule has 0 spiro atoms. The largest absolute Gasteiger partial charge is 0.477 e. The minimum atomic E-state index is -0.818. The molecule has 6 heteroatoms. The molecule has 0 saturated heterocycles. The number of fused-ring (bicyclic) bond motifs is 1. The van der Waals surface area contributed by atoms with Crippen LogP contribution >= 0.6 is 0 Å². The van der Waals surface area contributed by atoms with Gasteiger partial charge in [0.15, 0.2) is 6.10 Å². The fourth-order valence-electron chi connectivity index (χ4n) is 1.88. The van der Waals surface area contributed by atoms with Crippen LogP contribution in [0.25, 0.3) is 0 Å². The topological polar surface area (TPSA) is 98.7 Å². The Balaban J connectivity index is 2.33. The van der Waals surface area contributed by atoms with E-state index in [1.807, 2.05) is 0 Å². The molecule has 0 saturated carbocycles. The van der Waals surface area contributed by atoms with Gasteiger partial charge in [0.05, 0.1) is 12.2 Å². The average Bonchev–Trinajstić information content (AvgIpc) is 2.37. The number of nitrogens with zero attached hydrogens (tertiary/aromatic N) is 1. The molecule has 1 heterocycles. The van der Waals surface area contributed by atoms with E-state index in [2.05, 4.69) is 0 Å². The van der Waals surface area contributed by atoms with Crippen LogP contribution in [0.1, 0.15) is 6.42 Å². The second-order valence-electron chi connectivity index (χ2n) is 4.02. The van der Waals surface area contributed by atoms with E-state index in [4.69, 9.17) is 16.2 Å². The number of nitrogens with two attached hydrogens (primary N) is 2. The zero-order valence-corrected chi connectivity index (χ0v) is 9.83. The molecule has 1 aromatic rings. The lowest BCUT2D eigenvalue weighted by atomic mass is 10.1. The first-order chi connectivity index (χ1) is 8.63. The first-order valence-corrected chi connectivity index (χ1v) is 5.69. The molecular weight excluding hydrogens is 234 g/mol. The second-order valence-corrected chi connectivity index (χ2v) is 4.02. The van der Waals surface area contributed by atoms with Crippen molar-refractivity contribution in [3.63, 3.8) is 0 Å². The molecule has 0 aliphatic carbocycles. The first kappa shape index (κ1) is 12.4. The van der Waals surface area contributed by atoms with E-state index in [0.29, 0.717) is 11.4 Å². The summed E-state index contributed by atoms with van der Waals surface area (Å²) in [5, 5.41) is 0. The van der Waals surface area contributed by atoms with E-state index in [9.17, 15) is 9.59 Å². The molecule has 2 amide bonds. The van der Waals surface area contributed by atoms with Crippen LogP contribution in [0.2, 0.25) is 0 Å². The summed E-state index contributed by atoms with van der Waals surface area (Å²) in [5.41, 5.74) is 11.3. The van der Waals surface area contributed by atoms with Gasteiger partial charge in [-0.2, -0.15) is 0 Å². The summed E-state index contributed by atoms with van der Waals surface area (Å²) >= 11 is 0. The number of hydrogen-bond acceptors (Lipinski definition) is 4. The highest BCUT2D eigenvalue weighted by Gasteiger charge is 2.31. The molecule has 1 aliphatic heterocycles. The highest BCUT2D eigenvalue weighted by Crippen LogP contribution is 2.33. The predicted octanol–water partition coefficient (Wildman–Crippen LogP) is -0.385. The van der Waals surface area contributed by atoms with Gasteiger partial charge in [0.25, 0.3) is 5.91 Å². The molecule has 0 fully saturated rings. The van der Waals surface area contributed by atoms with Crippen molar-refractivity contribution in [2.75, 3.05) is 18.0 Å². The highest BCUT2D eigenvalue weighted by molar-refractivity contribution is 5.97. The van der Waals surface area contributed by atoms with Crippen molar-refractivity contribution in [2.24, 2.45) is 11.5 Å². The van der Waals surface area contributed by atoms with Crippen molar-refractivity contribution >= 4 is 17.5 Å². The van der Waals surface area contributed by atoms with Crippen molar-refractivity contribution in [1.29, 1.82) is 0 Å². The number of rotatable bonds is 3. The van der Waals surface area contributed by atoms with Crippen LogP contribution in [0, 0.1) is 0 Å². The summed E-state index contributed by atoms with van der Waals surface area (Å²) < 4.78 is 5.45. The molecule has 4 N–H and O–H groups in total. The number of para-hydroxylation sites is 2. The number of carbonyl (C=O) groups is 2. The van der Waals surface area contributed by atoms with E-state index in [0.717, 1.165) is 0 Å². The minimum absolute atomic E-state index is 0.130. The Bertz CT molecular complexity index is 475. The lowest BCUT2D eigenvalue weighted by Gasteiger charge is -2.33. The lowest BCUT2D eigenvalue weighted by molar-refractivity contribution is -0.125. The van der Waals surface area contributed by atoms with Gasteiger partial charge in [-0.1, -0.05) is 12.1 Å². The van der Waals surface area contributed by atoms with Crippen molar-refractivity contribution in [1.82, 2.24) is 0 Å². The van der Waals surface area contributed by atoms with Crippen molar-refractivity contribution in [3.05, 3.63) is 24.3 Å². The van der Waals surface area contributed by atoms with E-state index >= 15 is 0 Å². The van der Waals surface area contributed by atoms with Crippen LogP contribution in [0.15, 0.2) is 24.3 Å². The Labute approximate surface area is 104 Å². The lowest BCUT2D eigenvalue weighted by Crippen LogP contribution is -2.49. The smallest absolute Gasteiger partial charge is 0.260 e. The molecule has 0 aromatic heterocycles. The Kier molecular flexibility index (Phi) is 3.47. The fourth-order valence-corrected chi connectivity index (χ4v) is 1.88. The maximum Gasteiger partial charge on any atom is 0.260 e. The van der Waals surface area contributed by atoms with Crippen LogP contribution in [0.5, 0.6) is 5.75 Å². The van der Waals surface area contributed by atoms with Gasteiger partial charge in [-0.25, -0.2) is 0 Å². The zero-order chi connectivity index (χ0) is 13.1. The first-order valence-electron chi connectivity index (χ1n) is 5.69. The molecule has 1 unspecified atom stereocenters. The Hall–Kier alpha value is -2.08. The minimum Gasteiger partial charge on any atom is -0.477 e. The normalized spacial score (nSPS) is 17.8. The van der Waals surface area contributed by atoms with E-state index < -0.39 is 12.0 Å². The number of amides is 2. The van der Waals surface area contributed by atoms with Gasteiger partial charge in [0, 0.05) is 13.0 Å². The maximum atomic E-state index is 12.0. The molecule has 96 valence electrons. The van der Waals surface area contributed by atoms with Crippen LogP contribution in [0.3, 0.4) is 0 Å². The third-order valence-electron chi connectivity index (χ3n) is 2.75. The van der Waals surface area contributed by atoms with Gasteiger partial charge in [-0.3, -0.25) is 9.59 Å². The number of hydrogen-bond donors (Lipinski definition) is 2. The molecule has 2 rings (SSSR count). The average molecular weight is 249 g/mol. The predicted molar refractivity (Wildman–Crippen MR) is 66.1 cm³/mol. The van der Waals surface area contributed by atoms with Crippen molar-refractivity contribution in [2.45, 2.75) is 12.5 Å². The molecule has 1 aromatic carbocycles. The molecule has 18 heavy (non-hydrogen) atoms. The van der Waals surface area contributed by atoms with Crippen molar-refractivity contribution in [3.8, 4) is 5.75 Å². The molecule has 6 nitrogen and oxygen atoms in total. The second kappa shape index (κ2) is 5.05. The van der Waals surface area contributed by atoms with Gasteiger partial charge in [0.1, 0.15) is 5.75 Å². The van der Waals surface area contributed by atoms with Gasteiger partial charge >= 0.3 is 0 Å².